The lowest BCUT2D eigenvalue weighted by molar-refractivity contribution is -0.132. The van der Waals surface area contributed by atoms with Crippen LogP contribution >= 0.6 is 0 Å². The van der Waals surface area contributed by atoms with E-state index >= 15 is 0 Å². The Balaban J connectivity index is 1.63. The lowest BCUT2D eigenvalue weighted by Gasteiger charge is -2.27. The van der Waals surface area contributed by atoms with Crippen LogP contribution in [0.4, 0.5) is 4.79 Å². The Morgan fingerprint density at radius 1 is 1.12 bits per heavy atom. The Bertz CT molecular complexity index is 850. The minimum Gasteiger partial charge on any atom is -0.444 e. The van der Waals surface area contributed by atoms with Crippen LogP contribution in [0.2, 0.25) is 0 Å². The molecule has 5 unspecified atom stereocenters. The molecule has 1 aliphatic heterocycles. The molecule has 3 rings (SSSR count). The minimum atomic E-state index is -1.07. The Kier molecular flexibility index (Phi) is 8.54. The van der Waals surface area contributed by atoms with E-state index in [0.717, 1.165) is 31.5 Å². The molecule has 1 aliphatic carbocycles. The molecule has 0 bridgehead atoms. The number of ether oxygens (including phenoxy) is 1. The number of aliphatic hydroxyl groups is 2. The Hall–Kier alpha value is -2.65. The standard InChI is InChI=1S/C25H37N3O6/c1-25(2,3)34-24(33)27-19(13-16-9-5-4-6-10-16)22(31)26-20(15-29)21(30)17-14-18(17)23(32)28-11-7-8-12-28/h4-6,9-10,17-21,29-30H,7-8,11-15H2,1-3H3,(H,26,31)(H,27,33). The van der Waals surface area contributed by atoms with Gasteiger partial charge in [0.15, 0.2) is 0 Å². The van der Waals surface area contributed by atoms with Crippen molar-refractivity contribution in [3.8, 4) is 0 Å². The van der Waals surface area contributed by atoms with E-state index < -0.39 is 42.4 Å². The summed E-state index contributed by atoms with van der Waals surface area (Å²) in [5.41, 5.74) is 0.100. The maximum absolute atomic E-state index is 13.1. The summed E-state index contributed by atoms with van der Waals surface area (Å²) in [6.45, 7) is 6.19. The fraction of sp³-hybridized carbons (Fsp3) is 0.640. The van der Waals surface area contributed by atoms with Gasteiger partial charge in [0.25, 0.3) is 0 Å². The number of alkyl carbamates (subject to hydrolysis) is 1. The molecule has 1 saturated carbocycles. The Morgan fingerprint density at radius 3 is 2.35 bits per heavy atom. The number of amides is 3. The van der Waals surface area contributed by atoms with Gasteiger partial charge in [-0.15, -0.1) is 0 Å². The number of carbonyl (C=O) groups excluding carboxylic acids is 3. The molecular weight excluding hydrogens is 438 g/mol. The number of likely N-dealkylation sites (tertiary alicyclic amines) is 1. The number of aliphatic hydroxyl groups excluding tert-OH is 2. The maximum Gasteiger partial charge on any atom is 0.408 e. The van der Waals surface area contributed by atoms with Gasteiger partial charge in [-0.1, -0.05) is 30.3 Å². The first kappa shape index (κ1) is 26.0. The van der Waals surface area contributed by atoms with Gasteiger partial charge in [0.1, 0.15) is 11.6 Å². The number of hydrogen-bond donors (Lipinski definition) is 4. The lowest BCUT2D eigenvalue weighted by Crippen LogP contribution is -2.55. The zero-order chi connectivity index (χ0) is 24.9. The van der Waals surface area contributed by atoms with Crippen LogP contribution in [-0.2, 0) is 20.7 Å². The van der Waals surface area contributed by atoms with Crippen LogP contribution in [0.1, 0.15) is 45.6 Å². The molecule has 9 heteroatoms. The van der Waals surface area contributed by atoms with E-state index in [1.807, 2.05) is 35.2 Å². The molecule has 3 amide bonds. The molecule has 0 aromatic heterocycles. The third kappa shape index (κ3) is 7.17. The minimum absolute atomic E-state index is 0.0399. The summed E-state index contributed by atoms with van der Waals surface area (Å²) in [4.78, 5) is 39.9. The summed E-state index contributed by atoms with van der Waals surface area (Å²) >= 11 is 0. The molecule has 34 heavy (non-hydrogen) atoms. The SMILES string of the molecule is CC(C)(C)OC(=O)NC(Cc1ccccc1)C(=O)NC(CO)C(O)C1CC1C(=O)N1CCCC1. The fourth-order valence-electron chi connectivity index (χ4n) is 4.38. The highest BCUT2D eigenvalue weighted by atomic mass is 16.6. The van der Waals surface area contributed by atoms with Crippen LogP contribution in [0.15, 0.2) is 30.3 Å². The van der Waals surface area contributed by atoms with E-state index in [1.54, 1.807) is 20.8 Å². The zero-order valence-electron chi connectivity index (χ0n) is 20.2. The second kappa shape index (κ2) is 11.2. The summed E-state index contributed by atoms with van der Waals surface area (Å²) in [5, 5.41) is 26.0. The van der Waals surface area contributed by atoms with Gasteiger partial charge in [-0.25, -0.2) is 4.79 Å². The highest BCUT2D eigenvalue weighted by molar-refractivity contribution is 5.86. The summed E-state index contributed by atoms with van der Waals surface area (Å²) < 4.78 is 5.30. The molecular formula is C25H37N3O6. The van der Waals surface area contributed by atoms with Crippen molar-refractivity contribution in [3.05, 3.63) is 35.9 Å². The quantitative estimate of drug-likeness (QED) is 0.425. The van der Waals surface area contributed by atoms with E-state index in [-0.39, 0.29) is 24.2 Å². The van der Waals surface area contributed by atoms with Crippen molar-refractivity contribution in [1.82, 2.24) is 15.5 Å². The van der Waals surface area contributed by atoms with Gasteiger partial charge >= 0.3 is 6.09 Å². The molecule has 1 heterocycles. The summed E-state index contributed by atoms with van der Waals surface area (Å²) in [5.74, 6) is -1.09. The van der Waals surface area contributed by atoms with E-state index in [0.29, 0.717) is 6.42 Å². The number of nitrogens with zero attached hydrogens (tertiary/aromatic N) is 1. The molecule has 2 aliphatic rings. The normalized spacial score (nSPS) is 22.4. The molecule has 9 nitrogen and oxygen atoms in total. The van der Waals surface area contributed by atoms with E-state index in [2.05, 4.69) is 10.6 Å². The van der Waals surface area contributed by atoms with Gasteiger partial charge in [0.2, 0.25) is 11.8 Å². The largest absolute Gasteiger partial charge is 0.444 e. The van der Waals surface area contributed by atoms with Crippen LogP contribution in [0, 0.1) is 11.8 Å². The van der Waals surface area contributed by atoms with Crippen molar-refractivity contribution in [3.63, 3.8) is 0 Å². The number of benzene rings is 1. The van der Waals surface area contributed by atoms with Gasteiger partial charge in [-0.3, -0.25) is 9.59 Å². The predicted octanol–water partition coefficient (Wildman–Crippen LogP) is 1.22. The molecule has 188 valence electrons. The summed E-state index contributed by atoms with van der Waals surface area (Å²) in [6.07, 6.45) is 0.933. The van der Waals surface area contributed by atoms with Crippen LogP contribution < -0.4 is 10.6 Å². The first-order chi connectivity index (χ1) is 16.1. The summed E-state index contributed by atoms with van der Waals surface area (Å²) in [7, 11) is 0. The molecule has 2 fully saturated rings. The third-order valence-corrected chi connectivity index (χ3v) is 6.24. The number of rotatable bonds is 9. The van der Waals surface area contributed by atoms with E-state index in [1.165, 1.54) is 0 Å². The fourth-order valence-corrected chi connectivity index (χ4v) is 4.38. The van der Waals surface area contributed by atoms with Gasteiger partial charge in [-0.05, 0) is 51.5 Å². The number of nitrogens with one attached hydrogen (secondary N) is 2. The second-order valence-corrected chi connectivity index (χ2v) is 10.2. The monoisotopic (exact) mass is 475 g/mol. The van der Waals surface area contributed by atoms with E-state index in [9.17, 15) is 24.6 Å². The Morgan fingerprint density at radius 2 is 1.76 bits per heavy atom. The topological polar surface area (TPSA) is 128 Å². The second-order valence-electron chi connectivity index (χ2n) is 10.2. The van der Waals surface area contributed by atoms with Crippen LogP contribution in [0.3, 0.4) is 0 Å². The predicted molar refractivity (Wildman–Crippen MR) is 126 cm³/mol. The number of carbonyl (C=O) groups is 3. The van der Waals surface area contributed by atoms with Crippen molar-refractivity contribution in [2.24, 2.45) is 11.8 Å². The van der Waals surface area contributed by atoms with Crippen molar-refractivity contribution in [1.29, 1.82) is 0 Å². The summed E-state index contributed by atoms with van der Waals surface area (Å²) in [6, 6.07) is 7.29. The lowest BCUT2D eigenvalue weighted by atomic mass is 10.0. The highest BCUT2D eigenvalue weighted by Crippen LogP contribution is 2.44. The molecule has 5 atom stereocenters. The van der Waals surface area contributed by atoms with E-state index in [4.69, 9.17) is 4.74 Å². The first-order valence-electron chi connectivity index (χ1n) is 12.0. The van der Waals surface area contributed by atoms with Crippen LogP contribution in [0.5, 0.6) is 0 Å². The smallest absolute Gasteiger partial charge is 0.408 e. The molecule has 1 aromatic carbocycles. The zero-order valence-corrected chi connectivity index (χ0v) is 20.2. The molecule has 4 N–H and O–H groups in total. The first-order valence-corrected chi connectivity index (χ1v) is 12.0. The van der Waals surface area contributed by atoms with Gasteiger partial charge < -0.3 is 30.5 Å². The van der Waals surface area contributed by atoms with Crippen molar-refractivity contribution in [2.75, 3.05) is 19.7 Å². The van der Waals surface area contributed by atoms with Gasteiger partial charge in [-0.2, -0.15) is 0 Å². The maximum atomic E-state index is 13.1. The molecule has 0 radical (unpaired) electrons. The van der Waals surface area contributed by atoms with Crippen molar-refractivity contribution < 1.29 is 29.3 Å². The van der Waals surface area contributed by atoms with Crippen molar-refractivity contribution >= 4 is 17.9 Å². The van der Waals surface area contributed by atoms with Gasteiger partial charge in [0.05, 0.1) is 18.8 Å². The molecule has 1 aromatic rings. The highest BCUT2D eigenvalue weighted by Gasteiger charge is 2.51. The third-order valence-electron chi connectivity index (χ3n) is 6.24. The average molecular weight is 476 g/mol. The van der Waals surface area contributed by atoms with Gasteiger partial charge in [0, 0.05) is 25.4 Å². The van der Waals surface area contributed by atoms with Crippen LogP contribution in [-0.4, -0.2) is 76.5 Å². The molecule has 0 spiro atoms. The van der Waals surface area contributed by atoms with Crippen LogP contribution in [0.25, 0.3) is 0 Å². The molecule has 1 saturated heterocycles. The van der Waals surface area contributed by atoms with Crippen molar-refractivity contribution in [2.45, 2.75) is 70.2 Å². The number of hydrogen-bond acceptors (Lipinski definition) is 6. The average Bonchev–Trinajstić information content (AvgIpc) is 3.39. The Labute approximate surface area is 200 Å².